The monoisotopic (exact) mass is 315 g/mol. The molecule has 1 amide bonds. The van der Waals surface area contributed by atoms with Crippen molar-refractivity contribution in [3.05, 3.63) is 0 Å². The van der Waals surface area contributed by atoms with Crippen LogP contribution in [0.15, 0.2) is 0 Å². The van der Waals surface area contributed by atoms with Gasteiger partial charge in [-0.1, -0.05) is 0 Å². The van der Waals surface area contributed by atoms with Gasteiger partial charge < -0.3 is 11.1 Å². The fourth-order valence-corrected chi connectivity index (χ4v) is 2.18. The summed E-state index contributed by atoms with van der Waals surface area (Å²) in [6.07, 6.45) is 1.69. The van der Waals surface area contributed by atoms with Gasteiger partial charge in [-0.05, 0) is 26.7 Å². The lowest BCUT2D eigenvalue weighted by atomic mass is 10.2. The topological polar surface area (TPSA) is 92.5 Å². The van der Waals surface area contributed by atoms with E-state index in [1.54, 1.807) is 14.0 Å². The van der Waals surface area contributed by atoms with Gasteiger partial charge in [-0.3, -0.25) is 4.79 Å². The lowest BCUT2D eigenvalue weighted by Gasteiger charge is -2.15. The molecule has 0 fully saturated rings. The predicted molar refractivity (Wildman–Crippen MR) is 79.8 cm³/mol. The Kier molecular flexibility index (Phi) is 11.5. The van der Waals surface area contributed by atoms with Crippen molar-refractivity contribution >= 4 is 28.3 Å². The molecule has 116 valence electrons. The molecule has 0 saturated carbocycles. The van der Waals surface area contributed by atoms with Crippen molar-refractivity contribution in [2.45, 2.75) is 39.2 Å². The van der Waals surface area contributed by atoms with Crippen molar-refractivity contribution in [1.29, 1.82) is 0 Å². The number of carbonyl (C=O) groups is 1. The summed E-state index contributed by atoms with van der Waals surface area (Å²) in [6, 6.07) is 0.0246. The van der Waals surface area contributed by atoms with E-state index in [9.17, 15) is 13.2 Å². The Morgan fingerprint density at radius 3 is 2.47 bits per heavy atom. The Morgan fingerprint density at radius 2 is 2.00 bits per heavy atom. The van der Waals surface area contributed by atoms with E-state index in [2.05, 4.69) is 5.32 Å². The number of hydrogen-bond donors (Lipinski definition) is 2. The molecule has 6 nitrogen and oxygen atoms in total. The zero-order chi connectivity index (χ0) is 14.2. The van der Waals surface area contributed by atoms with E-state index in [0.29, 0.717) is 32.4 Å². The van der Waals surface area contributed by atoms with Gasteiger partial charge in [0.2, 0.25) is 15.9 Å². The molecule has 19 heavy (non-hydrogen) atoms. The van der Waals surface area contributed by atoms with Gasteiger partial charge in [-0.25, -0.2) is 12.7 Å². The van der Waals surface area contributed by atoms with Crippen molar-refractivity contribution in [2.75, 3.05) is 25.9 Å². The average molecular weight is 316 g/mol. The second kappa shape index (κ2) is 10.4. The first-order chi connectivity index (χ1) is 8.29. The van der Waals surface area contributed by atoms with Gasteiger partial charge in [-0.2, -0.15) is 0 Å². The minimum absolute atomic E-state index is 0. The molecule has 0 spiro atoms. The largest absolute Gasteiger partial charge is 0.356 e. The van der Waals surface area contributed by atoms with E-state index in [1.807, 2.05) is 6.92 Å². The summed E-state index contributed by atoms with van der Waals surface area (Å²) in [5.74, 6) is 0.0675. The Bertz CT molecular complexity index is 347. The maximum absolute atomic E-state index is 11.4. The van der Waals surface area contributed by atoms with Crippen molar-refractivity contribution in [1.82, 2.24) is 9.62 Å². The SMILES string of the molecule is CCS(=O)(=O)N(C)CCCNC(=O)CCC(C)N.Cl. The number of nitrogens with two attached hydrogens (primary N) is 1. The number of hydrogen-bond acceptors (Lipinski definition) is 4. The number of rotatable bonds is 9. The maximum Gasteiger partial charge on any atom is 0.220 e. The highest BCUT2D eigenvalue weighted by Crippen LogP contribution is 1.98. The molecule has 0 heterocycles. The standard InChI is InChI=1S/C11H25N3O3S.ClH/c1-4-18(16,17)14(3)9-5-8-13-11(15)7-6-10(2)12;/h10H,4-9,12H2,1-3H3,(H,13,15);1H. The molecule has 0 bridgehead atoms. The first kappa shape index (κ1) is 20.9. The highest BCUT2D eigenvalue weighted by molar-refractivity contribution is 7.89. The normalized spacial score (nSPS) is 12.9. The molecule has 0 radical (unpaired) electrons. The van der Waals surface area contributed by atoms with Gasteiger partial charge >= 0.3 is 0 Å². The Morgan fingerprint density at radius 1 is 1.42 bits per heavy atom. The fourth-order valence-electron chi connectivity index (χ4n) is 1.34. The number of carbonyl (C=O) groups excluding carboxylic acids is 1. The molecular formula is C11H26ClN3O3S. The number of amides is 1. The molecule has 1 atom stereocenters. The fraction of sp³-hybridized carbons (Fsp3) is 0.909. The summed E-state index contributed by atoms with van der Waals surface area (Å²) in [5.41, 5.74) is 5.55. The average Bonchev–Trinajstić information content (AvgIpc) is 2.31. The molecular weight excluding hydrogens is 290 g/mol. The van der Waals surface area contributed by atoms with Crippen LogP contribution in [0.4, 0.5) is 0 Å². The van der Waals surface area contributed by atoms with Crippen molar-refractivity contribution in [2.24, 2.45) is 5.73 Å². The summed E-state index contributed by atoms with van der Waals surface area (Å²) in [4.78, 5) is 11.3. The summed E-state index contributed by atoms with van der Waals surface area (Å²) in [6.45, 7) is 4.38. The number of halogens is 1. The van der Waals surface area contributed by atoms with E-state index in [0.717, 1.165) is 0 Å². The van der Waals surface area contributed by atoms with Crippen LogP contribution in [-0.2, 0) is 14.8 Å². The van der Waals surface area contributed by atoms with Crippen LogP contribution in [0.5, 0.6) is 0 Å². The molecule has 3 N–H and O–H groups in total. The molecule has 0 saturated heterocycles. The molecule has 0 aromatic rings. The Balaban J connectivity index is 0. The number of nitrogens with zero attached hydrogens (tertiary/aromatic N) is 1. The first-order valence-corrected chi connectivity index (χ1v) is 7.86. The molecule has 1 unspecified atom stereocenters. The molecule has 0 aliphatic carbocycles. The van der Waals surface area contributed by atoms with Crippen molar-refractivity contribution in [3.8, 4) is 0 Å². The van der Waals surface area contributed by atoms with Crippen LogP contribution in [0, 0.1) is 0 Å². The third-order valence-electron chi connectivity index (χ3n) is 2.64. The molecule has 0 aromatic carbocycles. The van der Waals surface area contributed by atoms with E-state index in [4.69, 9.17) is 5.73 Å². The highest BCUT2D eigenvalue weighted by atomic mass is 35.5. The summed E-state index contributed by atoms with van der Waals surface area (Å²) >= 11 is 0. The highest BCUT2D eigenvalue weighted by Gasteiger charge is 2.14. The molecule has 0 rings (SSSR count). The second-order valence-corrected chi connectivity index (χ2v) is 6.81. The lowest BCUT2D eigenvalue weighted by molar-refractivity contribution is -0.121. The van der Waals surface area contributed by atoms with E-state index < -0.39 is 10.0 Å². The molecule has 0 aliphatic rings. The Labute approximate surface area is 122 Å². The minimum Gasteiger partial charge on any atom is -0.356 e. The van der Waals surface area contributed by atoms with E-state index in [1.165, 1.54) is 4.31 Å². The second-order valence-electron chi connectivity index (χ2n) is 4.44. The van der Waals surface area contributed by atoms with Gasteiger partial charge in [0.05, 0.1) is 5.75 Å². The molecule has 0 aromatic heterocycles. The number of sulfonamides is 1. The van der Waals surface area contributed by atoms with Gasteiger partial charge in [-0.15, -0.1) is 12.4 Å². The third kappa shape index (κ3) is 10.1. The van der Waals surface area contributed by atoms with Gasteiger partial charge in [0.1, 0.15) is 0 Å². The van der Waals surface area contributed by atoms with E-state index in [-0.39, 0.29) is 30.1 Å². The van der Waals surface area contributed by atoms with Crippen LogP contribution in [-0.4, -0.2) is 50.6 Å². The molecule has 0 aliphatic heterocycles. The quantitative estimate of drug-likeness (QED) is 0.599. The number of nitrogens with one attached hydrogen (secondary N) is 1. The van der Waals surface area contributed by atoms with Gasteiger partial charge in [0, 0.05) is 32.6 Å². The molecule has 8 heteroatoms. The van der Waals surface area contributed by atoms with Crippen molar-refractivity contribution < 1.29 is 13.2 Å². The van der Waals surface area contributed by atoms with E-state index >= 15 is 0 Å². The minimum atomic E-state index is -3.12. The zero-order valence-corrected chi connectivity index (χ0v) is 13.5. The zero-order valence-electron chi connectivity index (χ0n) is 11.9. The van der Waals surface area contributed by atoms with Crippen molar-refractivity contribution in [3.63, 3.8) is 0 Å². The predicted octanol–water partition coefficient (Wildman–Crippen LogP) is 0.323. The van der Waals surface area contributed by atoms with Crippen LogP contribution < -0.4 is 11.1 Å². The van der Waals surface area contributed by atoms with Crippen LogP contribution in [0.2, 0.25) is 0 Å². The maximum atomic E-state index is 11.4. The smallest absolute Gasteiger partial charge is 0.220 e. The third-order valence-corrected chi connectivity index (χ3v) is 4.50. The van der Waals surface area contributed by atoms with Gasteiger partial charge in [0.25, 0.3) is 0 Å². The summed E-state index contributed by atoms with van der Waals surface area (Å²) in [7, 11) is -1.56. The van der Waals surface area contributed by atoms with Crippen LogP contribution in [0.25, 0.3) is 0 Å². The first-order valence-electron chi connectivity index (χ1n) is 6.26. The lowest BCUT2D eigenvalue weighted by Crippen LogP contribution is -2.32. The van der Waals surface area contributed by atoms with Crippen LogP contribution in [0.1, 0.15) is 33.1 Å². The Hall–Kier alpha value is -0.370. The van der Waals surface area contributed by atoms with Crippen LogP contribution >= 0.6 is 12.4 Å². The summed E-state index contributed by atoms with van der Waals surface area (Å²) in [5, 5.41) is 2.75. The summed E-state index contributed by atoms with van der Waals surface area (Å²) < 4.78 is 24.2. The van der Waals surface area contributed by atoms with Crippen LogP contribution in [0.3, 0.4) is 0 Å². The van der Waals surface area contributed by atoms with Gasteiger partial charge in [0.15, 0.2) is 0 Å².